The highest BCUT2D eigenvalue weighted by atomic mass is 16.6. The lowest BCUT2D eigenvalue weighted by Gasteiger charge is -2.35. The van der Waals surface area contributed by atoms with Gasteiger partial charge in [0.05, 0.1) is 5.92 Å². The molecule has 126 valence electrons. The Labute approximate surface area is 139 Å². The number of para-hydroxylation sites is 2. The van der Waals surface area contributed by atoms with E-state index in [0.717, 1.165) is 12.8 Å². The fourth-order valence-corrected chi connectivity index (χ4v) is 3.20. The molecule has 2 atom stereocenters. The van der Waals surface area contributed by atoms with Crippen molar-refractivity contribution in [2.45, 2.75) is 31.8 Å². The third-order valence-corrected chi connectivity index (χ3v) is 4.41. The molecule has 0 bridgehead atoms. The number of aryl methyl sites for hydroxylation is 1. The Morgan fingerprint density at radius 3 is 2.92 bits per heavy atom. The quantitative estimate of drug-likeness (QED) is 0.838. The topological polar surface area (TPSA) is 77.7 Å². The molecule has 2 aromatic rings. The van der Waals surface area contributed by atoms with Crippen LogP contribution in [0.3, 0.4) is 0 Å². The van der Waals surface area contributed by atoms with Crippen LogP contribution >= 0.6 is 0 Å². The minimum absolute atomic E-state index is 0.0505. The largest absolute Gasteiger partial charge is 0.485 e. The lowest BCUT2D eigenvalue weighted by atomic mass is 9.97. The number of carbonyl (C=O) groups excluding carboxylic acids is 1. The first-order chi connectivity index (χ1) is 11.7. The molecule has 0 saturated carbocycles. The summed E-state index contributed by atoms with van der Waals surface area (Å²) in [5.41, 5.74) is 0. The normalized spacial score (nSPS) is 23.1. The first kappa shape index (κ1) is 15.0. The first-order valence-corrected chi connectivity index (χ1v) is 8.18. The van der Waals surface area contributed by atoms with Gasteiger partial charge in [-0.15, -0.1) is 0 Å². The molecular formula is C17H19N3O4. The average molecular weight is 329 g/mol. The van der Waals surface area contributed by atoms with E-state index in [1.807, 2.05) is 29.2 Å². The van der Waals surface area contributed by atoms with Gasteiger partial charge in [0.2, 0.25) is 12.0 Å². The van der Waals surface area contributed by atoms with E-state index < -0.39 is 6.10 Å². The van der Waals surface area contributed by atoms with Gasteiger partial charge in [-0.2, -0.15) is 4.98 Å². The number of carbonyl (C=O) groups is 1. The van der Waals surface area contributed by atoms with Crippen LogP contribution < -0.4 is 9.47 Å². The van der Waals surface area contributed by atoms with Gasteiger partial charge < -0.3 is 18.9 Å². The number of rotatable bonds is 2. The number of piperidine rings is 1. The van der Waals surface area contributed by atoms with E-state index in [1.54, 1.807) is 6.92 Å². The maximum absolute atomic E-state index is 12.8. The average Bonchev–Trinajstić information content (AvgIpc) is 3.07. The monoisotopic (exact) mass is 329 g/mol. The Hall–Kier alpha value is -2.57. The number of fused-ring (bicyclic) bond motifs is 1. The maximum Gasteiger partial charge on any atom is 0.267 e. The number of ether oxygens (including phenoxy) is 2. The highest BCUT2D eigenvalue weighted by Gasteiger charge is 2.35. The molecule has 24 heavy (non-hydrogen) atoms. The molecule has 0 spiro atoms. The van der Waals surface area contributed by atoms with Gasteiger partial charge in [0.15, 0.2) is 17.3 Å². The molecule has 0 unspecified atom stereocenters. The Balaban J connectivity index is 1.45. The van der Waals surface area contributed by atoms with Crippen molar-refractivity contribution < 1.29 is 18.8 Å². The van der Waals surface area contributed by atoms with E-state index >= 15 is 0 Å². The highest BCUT2D eigenvalue weighted by Crippen LogP contribution is 2.32. The van der Waals surface area contributed by atoms with Gasteiger partial charge in [-0.05, 0) is 31.9 Å². The minimum Gasteiger partial charge on any atom is -0.485 e. The summed E-state index contributed by atoms with van der Waals surface area (Å²) in [7, 11) is 0. The van der Waals surface area contributed by atoms with Crippen LogP contribution in [0.2, 0.25) is 0 Å². The van der Waals surface area contributed by atoms with Crippen molar-refractivity contribution in [1.29, 1.82) is 0 Å². The molecule has 4 rings (SSSR count). The fourth-order valence-electron chi connectivity index (χ4n) is 3.20. The molecule has 1 amide bonds. The third kappa shape index (κ3) is 2.81. The van der Waals surface area contributed by atoms with Crippen molar-refractivity contribution in [3.8, 4) is 11.5 Å². The molecule has 0 aliphatic carbocycles. The van der Waals surface area contributed by atoms with Crippen LogP contribution in [-0.2, 0) is 4.79 Å². The van der Waals surface area contributed by atoms with E-state index in [-0.39, 0.29) is 18.4 Å². The molecule has 1 saturated heterocycles. The number of aromatic nitrogens is 2. The van der Waals surface area contributed by atoms with Crippen molar-refractivity contribution in [2.24, 2.45) is 0 Å². The van der Waals surface area contributed by atoms with E-state index in [2.05, 4.69) is 10.1 Å². The number of hydrogen-bond donors (Lipinski definition) is 0. The summed E-state index contributed by atoms with van der Waals surface area (Å²) in [5, 5.41) is 3.84. The van der Waals surface area contributed by atoms with Crippen LogP contribution in [0.1, 0.15) is 30.5 Å². The van der Waals surface area contributed by atoms with Crippen molar-refractivity contribution >= 4 is 5.91 Å². The van der Waals surface area contributed by atoms with Crippen molar-refractivity contribution in [3.63, 3.8) is 0 Å². The summed E-state index contributed by atoms with van der Waals surface area (Å²) in [5.74, 6) is 2.55. The van der Waals surface area contributed by atoms with Crippen molar-refractivity contribution in [1.82, 2.24) is 15.0 Å². The summed E-state index contributed by atoms with van der Waals surface area (Å²) >= 11 is 0. The van der Waals surface area contributed by atoms with Gasteiger partial charge in [0.25, 0.3) is 5.91 Å². The summed E-state index contributed by atoms with van der Waals surface area (Å²) < 4.78 is 16.7. The minimum atomic E-state index is -0.608. The van der Waals surface area contributed by atoms with Gasteiger partial charge in [-0.25, -0.2) is 0 Å². The van der Waals surface area contributed by atoms with Crippen LogP contribution in [0.4, 0.5) is 0 Å². The van der Waals surface area contributed by atoms with Crippen LogP contribution in [0, 0.1) is 6.92 Å². The van der Waals surface area contributed by atoms with Crippen LogP contribution in [0.15, 0.2) is 28.8 Å². The molecule has 3 heterocycles. The maximum atomic E-state index is 12.8. The van der Waals surface area contributed by atoms with E-state index in [0.29, 0.717) is 36.3 Å². The summed E-state index contributed by atoms with van der Waals surface area (Å²) in [6.45, 7) is 3.31. The predicted molar refractivity (Wildman–Crippen MR) is 83.9 cm³/mol. The van der Waals surface area contributed by atoms with E-state index in [1.165, 1.54) is 0 Å². The Morgan fingerprint density at radius 1 is 1.29 bits per heavy atom. The number of hydrogen-bond acceptors (Lipinski definition) is 6. The zero-order valence-corrected chi connectivity index (χ0v) is 13.5. The molecule has 1 aromatic carbocycles. The molecule has 7 heteroatoms. The Bertz CT molecular complexity index is 745. The van der Waals surface area contributed by atoms with Gasteiger partial charge in [0, 0.05) is 13.1 Å². The SMILES string of the molecule is Cc1noc([C@@H]2CCCN(C(=O)[C@H]3COc4ccccc4O3)C2)n1. The third-order valence-electron chi connectivity index (χ3n) is 4.41. The van der Waals surface area contributed by atoms with E-state index in [4.69, 9.17) is 14.0 Å². The molecule has 2 aliphatic rings. The second kappa shape index (κ2) is 6.14. The summed E-state index contributed by atoms with van der Waals surface area (Å²) in [6.07, 6.45) is 1.24. The summed E-state index contributed by atoms with van der Waals surface area (Å²) in [6, 6.07) is 7.40. The fraction of sp³-hybridized carbons (Fsp3) is 0.471. The molecule has 0 radical (unpaired) electrons. The second-order valence-electron chi connectivity index (χ2n) is 6.17. The highest BCUT2D eigenvalue weighted by molar-refractivity contribution is 5.82. The summed E-state index contributed by atoms with van der Waals surface area (Å²) in [4.78, 5) is 18.9. The zero-order valence-electron chi connectivity index (χ0n) is 13.5. The van der Waals surface area contributed by atoms with Crippen LogP contribution in [0.25, 0.3) is 0 Å². The first-order valence-electron chi connectivity index (χ1n) is 8.18. The smallest absolute Gasteiger partial charge is 0.267 e. The lowest BCUT2D eigenvalue weighted by Crippen LogP contribution is -2.49. The van der Waals surface area contributed by atoms with Gasteiger partial charge in [-0.1, -0.05) is 17.3 Å². The van der Waals surface area contributed by atoms with E-state index in [9.17, 15) is 4.79 Å². The van der Waals surface area contributed by atoms with Gasteiger partial charge in [-0.3, -0.25) is 4.79 Å². The Morgan fingerprint density at radius 2 is 2.12 bits per heavy atom. The van der Waals surface area contributed by atoms with Crippen LogP contribution in [0.5, 0.6) is 11.5 Å². The predicted octanol–water partition coefficient (Wildman–Crippen LogP) is 1.92. The zero-order chi connectivity index (χ0) is 16.5. The molecule has 1 fully saturated rings. The molecule has 1 aromatic heterocycles. The molecule has 0 N–H and O–H groups in total. The number of benzene rings is 1. The Kier molecular flexibility index (Phi) is 3.84. The van der Waals surface area contributed by atoms with Gasteiger partial charge >= 0.3 is 0 Å². The van der Waals surface area contributed by atoms with Crippen molar-refractivity contribution in [3.05, 3.63) is 36.0 Å². The number of likely N-dealkylation sites (tertiary alicyclic amines) is 1. The van der Waals surface area contributed by atoms with Gasteiger partial charge in [0.1, 0.15) is 6.61 Å². The van der Waals surface area contributed by atoms with Crippen LogP contribution in [-0.4, -0.2) is 46.7 Å². The molecule has 7 nitrogen and oxygen atoms in total. The second-order valence-corrected chi connectivity index (χ2v) is 6.17. The van der Waals surface area contributed by atoms with Crippen molar-refractivity contribution in [2.75, 3.05) is 19.7 Å². The number of amides is 1. The standard InChI is InChI=1S/C17H19N3O4/c1-11-18-16(24-19-11)12-5-4-8-20(9-12)17(21)15-10-22-13-6-2-3-7-14(13)23-15/h2-3,6-7,12,15H,4-5,8-10H2,1H3/t12-,15-/m1/s1. The molecular weight excluding hydrogens is 310 g/mol. The number of nitrogens with zero attached hydrogens (tertiary/aromatic N) is 3. The lowest BCUT2D eigenvalue weighted by molar-refractivity contribution is -0.142. The molecule has 2 aliphatic heterocycles.